The molecule has 5 heteroatoms. The molecule has 102 valence electrons. The van der Waals surface area contributed by atoms with Gasteiger partial charge < -0.3 is 10.3 Å². The van der Waals surface area contributed by atoms with Crippen molar-refractivity contribution in [2.24, 2.45) is 11.7 Å². The van der Waals surface area contributed by atoms with Crippen molar-refractivity contribution < 1.29 is 4.52 Å². The highest BCUT2D eigenvalue weighted by Gasteiger charge is 2.24. The van der Waals surface area contributed by atoms with Gasteiger partial charge in [-0.3, -0.25) is 0 Å². The van der Waals surface area contributed by atoms with Gasteiger partial charge in [0.25, 0.3) is 0 Å². The fourth-order valence-corrected chi connectivity index (χ4v) is 3.43. The molecule has 1 aliphatic rings. The average Bonchev–Trinajstić information content (AvgIpc) is 3.05. The maximum Gasteiger partial charge on any atom is 0.226 e. The molecule has 0 saturated heterocycles. The number of aromatic nitrogens is 2. The highest BCUT2D eigenvalue weighted by atomic mass is 32.1. The van der Waals surface area contributed by atoms with Gasteiger partial charge in [0.05, 0.1) is 0 Å². The third-order valence-electron chi connectivity index (χ3n) is 3.83. The molecule has 0 aromatic carbocycles. The van der Waals surface area contributed by atoms with Crippen LogP contribution in [-0.2, 0) is 12.8 Å². The average molecular weight is 277 g/mol. The van der Waals surface area contributed by atoms with Crippen LogP contribution >= 0.6 is 11.3 Å². The van der Waals surface area contributed by atoms with Crippen molar-refractivity contribution in [3.8, 4) is 0 Å². The van der Waals surface area contributed by atoms with E-state index in [0.29, 0.717) is 12.0 Å². The van der Waals surface area contributed by atoms with Crippen molar-refractivity contribution in [2.45, 2.75) is 44.6 Å². The van der Waals surface area contributed by atoms with E-state index in [1.54, 1.807) is 11.3 Å². The molecule has 1 fully saturated rings. The maximum absolute atomic E-state index is 6.16. The van der Waals surface area contributed by atoms with Crippen molar-refractivity contribution in [1.82, 2.24) is 10.1 Å². The first-order valence-corrected chi connectivity index (χ1v) is 7.78. The molecule has 2 atom stereocenters. The van der Waals surface area contributed by atoms with E-state index in [9.17, 15) is 0 Å². The molecule has 2 aromatic rings. The lowest BCUT2D eigenvalue weighted by Gasteiger charge is -2.27. The number of hydrogen-bond donors (Lipinski definition) is 1. The molecule has 2 unspecified atom stereocenters. The minimum absolute atomic E-state index is 0.293. The summed E-state index contributed by atoms with van der Waals surface area (Å²) in [6, 6.07) is 4.43. The summed E-state index contributed by atoms with van der Waals surface area (Å²) >= 11 is 1.72. The molecule has 0 radical (unpaired) electrons. The summed E-state index contributed by atoms with van der Waals surface area (Å²) in [5.41, 5.74) is 6.16. The summed E-state index contributed by atoms with van der Waals surface area (Å²) in [6.07, 6.45) is 6.43. The lowest BCUT2D eigenvalue weighted by Crippen LogP contribution is -2.34. The molecular formula is C14H19N3OS. The van der Waals surface area contributed by atoms with Gasteiger partial charge in [-0.15, -0.1) is 11.3 Å². The van der Waals surface area contributed by atoms with E-state index < -0.39 is 0 Å². The van der Waals surface area contributed by atoms with Gasteiger partial charge in [0, 0.05) is 23.8 Å². The fraction of sp³-hybridized carbons (Fsp3) is 0.571. The number of rotatable bonds is 4. The van der Waals surface area contributed by atoms with Gasteiger partial charge in [0.15, 0.2) is 5.82 Å². The van der Waals surface area contributed by atoms with Crippen molar-refractivity contribution in [3.63, 3.8) is 0 Å². The topological polar surface area (TPSA) is 64.9 Å². The number of nitrogens with two attached hydrogens (primary N) is 1. The predicted octanol–water partition coefficient (Wildman–Crippen LogP) is 2.78. The lowest BCUT2D eigenvalue weighted by molar-refractivity contribution is 0.273. The molecule has 0 spiro atoms. The first-order valence-electron chi connectivity index (χ1n) is 6.90. The molecule has 1 saturated carbocycles. The van der Waals surface area contributed by atoms with E-state index in [1.807, 2.05) is 6.07 Å². The second kappa shape index (κ2) is 5.84. The Bertz CT molecular complexity index is 509. The first-order chi connectivity index (χ1) is 9.31. The van der Waals surface area contributed by atoms with E-state index in [0.717, 1.165) is 31.0 Å². The Hall–Kier alpha value is -1.20. The highest BCUT2D eigenvalue weighted by Crippen LogP contribution is 2.26. The van der Waals surface area contributed by atoms with Gasteiger partial charge in [0.1, 0.15) is 0 Å². The molecule has 0 amide bonds. The minimum atomic E-state index is 0.293. The molecule has 2 aromatic heterocycles. The van der Waals surface area contributed by atoms with E-state index in [1.165, 1.54) is 24.1 Å². The summed E-state index contributed by atoms with van der Waals surface area (Å²) in [5, 5.41) is 6.13. The lowest BCUT2D eigenvalue weighted by atomic mass is 9.83. The van der Waals surface area contributed by atoms with E-state index in [2.05, 4.69) is 21.6 Å². The SMILES string of the molecule is NC1CCCCC1Cc1nc(Cc2cccs2)no1. The Labute approximate surface area is 117 Å². The van der Waals surface area contributed by atoms with Crippen LogP contribution in [0.5, 0.6) is 0 Å². The molecule has 2 N–H and O–H groups in total. The highest BCUT2D eigenvalue weighted by molar-refractivity contribution is 7.09. The summed E-state index contributed by atoms with van der Waals surface area (Å²) in [6.45, 7) is 0. The summed E-state index contributed by atoms with van der Waals surface area (Å²) in [4.78, 5) is 5.75. The minimum Gasteiger partial charge on any atom is -0.339 e. The van der Waals surface area contributed by atoms with Crippen molar-refractivity contribution in [1.29, 1.82) is 0 Å². The van der Waals surface area contributed by atoms with Gasteiger partial charge >= 0.3 is 0 Å². The van der Waals surface area contributed by atoms with Crippen molar-refractivity contribution in [2.75, 3.05) is 0 Å². The smallest absolute Gasteiger partial charge is 0.226 e. The van der Waals surface area contributed by atoms with Crippen LogP contribution in [-0.4, -0.2) is 16.2 Å². The molecular weight excluding hydrogens is 258 g/mol. The molecule has 1 aliphatic carbocycles. The summed E-state index contributed by atoms with van der Waals surface area (Å²) in [5.74, 6) is 2.03. The molecule has 2 heterocycles. The van der Waals surface area contributed by atoms with Crippen LogP contribution in [0.25, 0.3) is 0 Å². The third-order valence-corrected chi connectivity index (χ3v) is 4.70. The first kappa shape index (κ1) is 12.8. The molecule has 0 aliphatic heterocycles. The molecule has 0 bridgehead atoms. The summed E-state index contributed by atoms with van der Waals surface area (Å²) in [7, 11) is 0. The third kappa shape index (κ3) is 3.22. The second-order valence-corrected chi connectivity index (χ2v) is 6.31. The Morgan fingerprint density at radius 1 is 1.37 bits per heavy atom. The van der Waals surface area contributed by atoms with Gasteiger partial charge in [0.2, 0.25) is 5.89 Å². The summed E-state index contributed by atoms with van der Waals surface area (Å²) < 4.78 is 5.35. The standard InChI is InChI=1S/C14H19N3OS/c15-12-6-2-1-4-10(12)8-14-16-13(17-18-14)9-11-5-3-7-19-11/h3,5,7,10,12H,1-2,4,6,8-9,15H2. The molecule has 19 heavy (non-hydrogen) atoms. The largest absolute Gasteiger partial charge is 0.339 e. The van der Waals surface area contributed by atoms with Crippen LogP contribution in [0.2, 0.25) is 0 Å². The van der Waals surface area contributed by atoms with Crippen LogP contribution in [0.3, 0.4) is 0 Å². The molecule has 3 rings (SSSR count). The second-order valence-electron chi connectivity index (χ2n) is 5.27. The number of nitrogens with zero attached hydrogens (tertiary/aromatic N) is 2. The van der Waals surface area contributed by atoms with Gasteiger partial charge in [-0.1, -0.05) is 24.1 Å². The number of hydrogen-bond acceptors (Lipinski definition) is 5. The zero-order chi connectivity index (χ0) is 13.1. The Kier molecular flexibility index (Phi) is 3.94. The zero-order valence-electron chi connectivity index (χ0n) is 10.9. The monoisotopic (exact) mass is 277 g/mol. The quantitative estimate of drug-likeness (QED) is 0.933. The van der Waals surface area contributed by atoms with Crippen LogP contribution in [0.1, 0.15) is 42.3 Å². The number of thiophene rings is 1. The Morgan fingerprint density at radius 3 is 3.05 bits per heavy atom. The molecule has 4 nitrogen and oxygen atoms in total. The van der Waals surface area contributed by atoms with Crippen LogP contribution in [0.15, 0.2) is 22.0 Å². The van der Waals surface area contributed by atoms with Crippen molar-refractivity contribution >= 4 is 11.3 Å². The normalized spacial score (nSPS) is 23.6. The zero-order valence-corrected chi connectivity index (χ0v) is 11.7. The van der Waals surface area contributed by atoms with Gasteiger partial charge in [-0.05, 0) is 30.2 Å². The van der Waals surface area contributed by atoms with Crippen LogP contribution < -0.4 is 5.73 Å². The Morgan fingerprint density at radius 2 is 2.26 bits per heavy atom. The Balaban J connectivity index is 1.61. The predicted molar refractivity (Wildman–Crippen MR) is 75.1 cm³/mol. The van der Waals surface area contributed by atoms with Gasteiger partial charge in [-0.2, -0.15) is 4.98 Å². The fourth-order valence-electron chi connectivity index (χ4n) is 2.73. The van der Waals surface area contributed by atoms with Crippen LogP contribution in [0.4, 0.5) is 0 Å². The van der Waals surface area contributed by atoms with Gasteiger partial charge in [-0.25, -0.2) is 0 Å². The van der Waals surface area contributed by atoms with E-state index in [-0.39, 0.29) is 0 Å². The van der Waals surface area contributed by atoms with Crippen molar-refractivity contribution in [3.05, 3.63) is 34.1 Å². The maximum atomic E-state index is 6.16. The van der Waals surface area contributed by atoms with Crippen LogP contribution in [0, 0.1) is 5.92 Å². The van der Waals surface area contributed by atoms with E-state index >= 15 is 0 Å². The van der Waals surface area contributed by atoms with E-state index in [4.69, 9.17) is 10.3 Å².